The van der Waals surface area contributed by atoms with Gasteiger partial charge in [-0.25, -0.2) is 0 Å². The molecule has 0 aromatic rings. The molecule has 0 rings (SSSR count). The predicted octanol–water partition coefficient (Wildman–Crippen LogP) is 0.345. The summed E-state index contributed by atoms with van der Waals surface area (Å²) < 4.78 is 0. The number of aliphatic carboxylic acids is 2. The van der Waals surface area contributed by atoms with Gasteiger partial charge in [-0.15, -0.1) is 0 Å². The molecule has 0 bridgehead atoms. The summed E-state index contributed by atoms with van der Waals surface area (Å²) >= 11 is 0. The van der Waals surface area contributed by atoms with Crippen LogP contribution in [0.3, 0.4) is 0 Å². The quantitative estimate of drug-likeness (QED) is 0.677. The number of carboxylic acid groups (broad SMARTS) is 2. The molecule has 0 aliphatic rings. The summed E-state index contributed by atoms with van der Waals surface area (Å²) in [6, 6.07) is 0. The summed E-state index contributed by atoms with van der Waals surface area (Å²) in [5.41, 5.74) is 0. The van der Waals surface area contributed by atoms with Crippen LogP contribution in [0.5, 0.6) is 0 Å². The van der Waals surface area contributed by atoms with Gasteiger partial charge in [0.05, 0.1) is 0 Å². The maximum Gasteiger partial charge on any atom is 0.0445 e. The van der Waals surface area contributed by atoms with Crippen molar-refractivity contribution in [2.75, 3.05) is 0 Å². The average molecular weight is 369 g/mol. The minimum absolute atomic E-state index is 0. The van der Waals surface area contributed by atoms with Gasteiger partial charge in [0.25, 0.3) is 0 Å². The van der Waals surface area contributed by atoms with Crippen LogP contribution in [0.4, 0.5) is 0 Å². The molecule has 5 heteroatoms. The van der Waals surface area contributed by atoms with Crippen molar-refractivity contribution in [3.63, 3.8) is 0 Å². The summed E-state index contributed by atoms with van der Waals surface area (Å²) in [6.45, 7) is 7.40. The fourth-order valence-electron chi connectivity index (χ4n) is 1.24. The van der Waals surface area contributed by atoms with E-state index >= 15 is 0 Å². The van der Waals surface area contributed by atoms with Crippen molar-refractivity contribution in [1.29, 1.82) is 0 Å². The van der Waals surface area contributed by atoms with Gasteiger partial charge in [-0.05, 0) is 37.5 Å². The van der Waals surface area contributed by atoms with Crippen LogP contribution >= 0.6 is 0 Å². The first-order valence-corrected chi connectivity index (χ1v) is 5.86. The molecule has 0 N–H and O–H groups in total. The van der Waals surface area contributed by atoms with Crippen LogP contribution < -0.4 is 10.2 Å². The Hall–Kier alpha value is 0.135. The van der Waals surface area contributed by atoms with Crippen LogP contribution in [0, 0.1) is 47.4 Å². The second-order valence-corrected chi connectivity index (χ2v) is 3.66. The fraction of sp³-hybridized carbons (Fsp3) is 0.833. The molecule has 0 amide bonds. The number of rotatable bonds is 6. The Morgan fingerprint density at radius 1 is 0.765 bits per heavy atom. The molecule has 0 aliphatic heterocycles. The van der Waals surface area contributed by atoms with Gasteiger partial charge < -0.3 is 19.8 Å². The zero-order valence-electron chi connectivity index (χ0n) is 11.2. The van der Waals surface area contributed by atoms with E-state index in [9.17, 15) is 19.8 Å². The average Bonchev–Trinajstić information content (AvgIpc) is 2.21. The summed E-state index contributed by atoms with van der Waals surface area (Å²) in [5, 5.41) is 20.1. The van der Waals surface area contributed by atoms with Gasteiger partial charge in [-0.1, -0.05) is 27.7 Å². The molecular weight excluding hydrogens is 347 g/mol. The van der Waals surface area contributed by atoms with E-state index in [0.717, 1.165) is 0 Å². The third-order valence-electron chi connectivity index (χ3n) is 2.64. The van der Waals surface area contributed by atoms with E-state index in [1.54, 1.807) is 0 Å². The maximum absolute atomic E-state index is 10.1. The van der Waals surface area contributed by atoms with Crippen LogP contribution in [0.2, 0.25) is 0 Å². The minimum Gasteiger partial charge on any atom is -0.550 e. The topological polar surface area (TPSA) is 80.3 Å². The molecule has 1 radical (unpaired) electrons. The second-order valence-electron chi connectivity index (χ2n) is 3.66. The standard InChI is InChI=1S/2C6H12O2.La/c2*1-3-5(4-2)6(7)8;/h2*5H,3-4H2,1-2H3,(H,7,8);/p-2. The third-order valence-corrected chi connectivity index (χ3v) is 2.64. The van der Waals surface area contributed by atoms with Crippen molar-refractivity contribution in [1.82, 2.24) is 0 Å². The Kier molecular flexibility index (Phi) is 18.6. The van der Waals surface area contributed by atoms with Crippen molar-refractivity contribution in [3.05, 3.63) is 0 Å². The number of hydrogen-bond acceptors (Lipinski definition) is 4. The van der Waals surface area contributed by atoms with E-state index in [-0.39, 0.29) is 47.4 Å². The molecule has 17 heavy (non-hydrogen) atoms. The monoisotopic (exact) mass is 369 g/mol. The van der Waals surface area contributed by atoms with Crippen LogP contribution in [-0.2, 0) is 9.59 Å². The van der Waals surface area contributed by atoms with E-state index in [1.165, 1.54) is 0 Å². The van der Waals surface area contributed by atoms with E-state index in [2.05, 4.69) is 0 Å². The molecule has 0 heterocycles. The Morgan fingerprint density at radius 3 is 0.941 bits per heavy atom. The van der Waals surface area contributed by atoms with Crippen LogP contribution in [0.15, 0.2) is 0 Å². The number of hydrogen-bond donors (Lipinski definition) is 0. The Morgan fingerprint density at radius 2 is 0.941 bits per heavy atom. The van der Waals surface area contributed by atoms with Gasteiger partial charge in [-0.3, -0.25) is 0 Å². The zero-order chi connectivity index (χ0) is 13.1. The van der Waals surface area contributed by atoms with E-state index < -0.39 is 11.9 Å². The van der Waals surface area contributed by atoms with E-state index in [0.29, 0.717) is 25.7 Å². The van der Waals surface area contributed by atoms with Crippen molar-refractivity contribution in [3.8, 4) is 0 Å². The summed E-state index contributed by atoms with van der Waals surface area (Å²) in [7, 11) is 0. The van der Waals surface area contributed by atoms with Crippen LogP contribution in [-0.4, -0.2) is 11.9 Å². The van der Waals surface area contributed by atoms with Crippen LogP contribution in [0.1, 0.15) is 53.4 Å². The van der Waals surface area contributed by atoms with Crippen molar-refractivity contribution in [2.45, 2.75) is 53.4 Å². The molecule has 0 atom stereocenters. The molecule has 0 saturated carbocycles. The number of carboxylic acids is 2. The minimum atomic E-state index is -0.921. The maximum atomic E-state index is 10.1. The van der Waals surface area contributed by atoms with Crippen LogP contribution in [0.25, 0.3) is 0 Å². The summed E-state index contributed by atoms with van der Waals surface area (Å²) in [5.74, 6) is -2.32. The predicted molar refractivity (Wildman–Crippen MR) is 58.2 cm³/mol. The molecule has 4 nitrogen and oxygen atoms in total. The molecular formula is C12H22LaO4-2. The Balaban J connectivity index is -0.000000218. The normalized spacial score (nSPS) is 9.29. The summed E-state index contributed by atoms with van der Waals surface area (Å²) in [4.78, 5) is 20.1. The Bertz CT molecular complexity index is 177. The van der Waals surface area contributed by atoms with Gasteiger partial charge >= 0.3 is 0 Å². The van der Waals surface area contributed by atoms with Crippen molar-refractivity contribution >= 4 is 11.9 Å². The van der Waals surface area contributed by atoms with Gasteiger partial charge in [0.1, 0.15) is 0 Å². The van der Waals surface area contributed by atoms with Gasteiger partial charge in [-0.2, -0.15) is 0 Å². The zero-order valence-corrected chi connectivity index (χ0v) is 14.8. The van der Waals surface area contributed by atoms with E-state index in [1.807, 2.05) is 27.7 Å². The first kappa shape index (κ1) is 22.3. The molecule has 0 fully saturated rings. The molecule has 0 aliphatic carbocycles. The molecule has 0 aromatic heterocycles. The van der Waals surface area contributed by atoms with Gasteiger partial charge in [0, 0.05) is 47.5 Å². The largest absolute Gasteiger partial charge is 0.550 e. The molecule has 0 saturated heterocycles. The smallest absolute Gasteiger partial charge is 0.0445 e. The van der Waals surface area contributed by atoms with E-state index in [4.69, 9.17) is 0 Å². The first-order chi connectivity index (χ1) is 7.44. The van der Waals surface area contributed by atoms with Gasteiger partial charge in [0.15, 0.2) is 0 Å². The molecule has 0 spiro atoms. The molecule has 0 unspecified atom stereocenters. The Labute approximate surface area is 132 Å². The first-order valence-electron chi connectivity index (χ1n) is 5.86. The molecule has 99 valence electrons. The van der Waals surface area contributed by atoms with Crippen molar-refractivity contribution < 1.29 is 55.4 Å². The third kappa shape index (κ3) is 12.4. The fourth-order valence-corrected chi connectivity index (χ4v) is 1.24. The molecule has 0 aromatic carbocycles. The number of carbonyl (C=O) groups excluding carboxylic acids is 2. The SMILES string of the molecule is CCC(CC)C(=O)[O-].CCC(CC)C(=O)[O-].[La]. The number of carbonyl (C=O) groups is 2. The second kappa shape index (κ2) is 14.2. The van der Waals surface area contributed by atoms with Crippen molar-refractivity contribution in [2.24, 2.45) is 11.8 Å². The van der Waals surface area contributed by atoms with Gasteiger partial charge in [0.2, 0.25) is 0 Å². The summed E-state index contributed by atoms with van der Waals surface area (Å²) in [6.07, 6.45) is 2.72.